The number of hydrogen-bond donors (Lipinski definition) is 8. The molecule has 2 fully saturated rings. The van der Waals surface area contributed by atoms with Gasteiger partial charge >= 0.3 is 0 Å². The maximum absolute atomic E-state index is 14.8. The van der Waals surface area contributed by atoms with Gasteiger partial charge in [0.15, 0.2) is 0 Å². The lowest BCUT2D eigenvalue weighted by Gasteiger charge is -2.32. The molecule has 1 aromatic heterocycles. The largest absolute Gasteiger partial charge is 0.391 e. The quantitative estimate of drug-likeness (QED) is 0.114. The van der Waals surface area contributed by atoms with Crippen molar-refractivity contribution in [3.8, 4) is 0 Å². The number of carbonyl (C=O) groups is 4. The maximum Gasteiger partial charge on any atom is 0.245 e. The third-order valence-corrected chi connectivity index (χ3v) is 12.4. The van der Waals surface area contributed by atoms with Crippen LogP contribution in [-0.4, -0.2) is 124 Å². The van der Waals surface area contributed by atoms with Crippen molar-refractivity contribution < 1.29 is 38.2 Å². The fraction of sp³-hybridized carbons (Fsp3) is 0.571. The number of likely N-dealkylation sites (tertiary alicyclic amines) is 2. The number of likely N-dealkylation sites (N-methyl/N-ethyl adjacent to an activating group) is 2. The zero-order chi connectivity index (χ0) is 42.0. The van der Waals surface area contributed by atoms with Crippen molar-refractivity contribution in [1.29, 1.82) is 0 Å². The average Bonchev–Trinajstić information content (AvgIpc) is 3.96. The van der Waals surface area contributed by atoms with Crippen molar-refractivity contribution in [3.63, 3.8) is 0 Å². The Balaban J connectivity index is 1.35. The number of halogens is 2. The molecule has 4 heterocycles. The molecule has 2 unspecified atom stereocenters. The van der Waals surface area contributed by atoms with Crippen LogP contribution >= 0.6 is 0 Å². The number of nitrogens with zero attached hydrogens (tertiary/aromatic N) is 2. The first-order valence-corrected chi connectivity index (χ1v) is 20.5. The van der Waals surface area contributed by atoms with Crippen molar-refractivity contribution in [1.82, 2.24) is 36.1 Å². The molecule has 3 aliphatic heterocycles. The Labute approximate surface area is 337 Å². The molecule has 16 heteroatoms. The number of nitrogens with one attached hydrogen (secondary N) is 6. The molecular weight excluding hydrogens is 751 g/mol. The molecule has 10 atom stereocenters. The summed E-state index contributed by atoms with van der Waals surface area (Å²) in [6, 6.07) is 4.91. The van der Waals surface area contributed by atoms with Gasteiger partial charge in [-0.15, -0.1) is 0 Å². The lowest BCUT2D eigenvalue weighted by Crippen LogP contribution is -2.53. The number of aromatic amines is 1. The van der Waals surface area contributed by atoms with E-state index in [1.54, 1.807) is 49.9 Å². The highest BCUT2D eigenvalue weighted by Gasteiger charge is 2.45. The van der Waals surface area contributed by atoms with Crippen LogP contribution in [0.15, 0.2) is 36.4 Å². The SMILES string of the molecule is CC[C@H](NC(=O)[C@H](C)NC)C(=O)N1C[C@@H](O)C[C@H]1Cc1c(C2Nc3cc(F)ccc3C2C[C@@H]2C[C@H](O)CN2C(=O)[C@H](CC)NC(=O)[C@H](C)NC)[nH]c2cc(F)ccc12. The molecule has 0 saturated carbocycles. The van der Waals surface area contributed by atoms with Gasteiger partial charge in [-0.3, -0.25) is 19.2 Å². The second kappa shape index (κ2) is 18.1. The number of aromatic nitrogens is 1. The summed E-state index contributed by atoms with van der Waals surface area (Å²) < 4.78 is 29.6. The van der Waals surface area contributed by atoms with Crippen LogP contribution in [0.1, 0.15) is 88.6 Å². The van der Waals surface area contributed by atoms with Crippen molar-refractivity contribution >= 4 is 40.2 Å². The molecule has 2 aromatic carbocycles. The third kappa shape index (κ3) is 8.84. The number of benzene rings is 2. The Kier molecular flexibility index (Phi) is 13.4. The van der Waals surface area contributed by atoms with Gasteiger partial charge in [-0.2, -0.15) is 0 Å². The molecule has 14 nitrogen and oxygen atoms in total. The first-order valence-electron chi connectivity index (χ1n) is 20.5. The molecule has 8 N–H and O–H groups in total. The van der Waals surface area contributed by atoms with Crippen molar-refractivity contribution in [3.05, 3.63) is 64.9 Å². The van der Waals surface area contributed by atoms with Crippen LogP contribution in [0.5, 0.6) is 0 Å². The standard InChI is InChI=1S/C42H58F2N8O6/c1-7-33(49-39(55)21(3)45-5)41(57)51-19-27(53)15-25(51)17-31-29-11-9-23(43)13-35(29)47-37(31)38-32(30-12-10-24(44)14-36(30)48-38)18-26-16-28(54)20-52(26)42(58)34(8-2)50-40(56)22(4)46-6/h9-14,21-22,25-28,31,33-34,37,45-48,53-54H,7-8,15-20H2,1-6H3,(H,49,55)(H,50,56)/t21-,22-,25-,26-,27-,28-,31?,33-,34-,37?/m0/s1. The Hall–Kier alpha value is -4.64. The van der Waals surface area contributed by atoms with Gasteiger partial charge in [0.05, 0.1) is 30.3 Å². The number of hydrogen-bond acceptors (Lipinski definition) is 9. The predicted octanol–water partition coefficient (Wildman–Crippen LogP) is 2.56. The monoisotopic (exact) mass is 808 g/mol. The molecule has 0 aliphatic carbocycles. The molecule has 58 heavy (non-hydrogen) atoms. The zero-order valence-electron chi connectivity index (χ0n) is 34.1. The Morgan fingerprint density at radius 2 is 1.34 bits per heavy atom. The highest BCUT2D eigenvalue weighted by molar-refractivity contribution is 5.91. The minimum Gasteiger partial charge on any atom is -0.391 e. The number of amides is 4. The van der Waals surface area contributed by atoms with E-state index >= 15 is 0 Å². The summed E-state index contributed by atoms with van der Waals surface area (Å²) >= 11 is 0. The molecule has 0 bridgehead atoms. The van der Waals surface area contributed by atoms with E-state index in [-0.39, 0.29) is 55.5 Å². The number of β-amino-alcohol motifs (C(OH)–C–C–N with tert-alkyl or cyclic N) is 2. The average molecular weight is 809 g/mol. The van der Waals surface area contributed by atoms with Crippen molar-refractivity contribution in [2.45, 2.75) is 127 Å². The normalized spacial score (nSPS) is 24.9. The summed E-state index contributed by atoms with van der Waals surface area (Å²) in [5, 5.41) is 37.6. The molecule has 4 amide bonds. The highest BCUT2D eigenvalue weighted by Crippen LogP contribution is 2.50. The summed E-state index contributed by atoms with van der Waals surface area (Å²) in [7, 11) is 3.32. The molecule has 0 spiro atoms. The zero-order valence-corrected chi connectivity index (χ0v) is 34.1. The lowest BCUT2D eigenvalue weighted by molar-refractivity contribution is -0.138. The van der Waals surface area contributed by atoms with Gasteiger partial charge in [-0.25, -0.2) is 8.78 Å². The Bertz CT molecular complexity index is 2000. The molecule has 3 aromatic rings. The second-order valence-electron chi connectivity index (χ2n) is 16.1. The number of rotatable bonds is 15. The first kappa shape index (κ1) is 43.0. The van der Waals surface area contributed by atoms with E-state index in [1.165, 1.54) is 24.3 Å². The van der Waals surface area contributed by atoms with Gasteiger partial charge in [-0.1, -0.05) is 19.9 Å². The van der Waals surface area contributed by atoms with E-state index < -0.39 is 66.1 Å². The molecular formula is C42H58F2N8O6. The van der Waals surface area contributed by atoms with E-state index in [0.717, 1.165) is 16.5 Å². The fourth-order valence-corrected chi connectivity index (χ4v) is 8.90. The molecule has 316 valence electrons. The Morgan fingerprint density at radius 1 is 0.810 bits per heavy atom. The van der Waals surface area contributed by atoms with Gasteiger partial charge in [0.2, 0.25) is 23.6 Å². The van der Waals surface area contributed by atoms with Gasteiger partial charge in [0.25, 0.3) is 0 Å². The highest BCUT2D eigenvalue weighted by atomic mass is 19.1. The lowest BCUT2D eigenvalue weighted by atomic mass is 9.84. The number of H-pyrrole nitrogens is 1. The summed E-state index contributed by atoms with van der Waals surface area (Å²) in [6.45, 7) is 7.21. The van der Waals surface area contributed by atoms with Crippen LogP contribution in [-0.2, 0) is 25.6 Å². The second-order valence-corrected chi connectivity index (χ2v) is 16.1. The first-order chi connectivity index (χ1) is 27.7. The minimum atomic E-state index is -0.808. The molecule has 3 aliphatic rings. The van der Waals surface area contributed by atoms with Crippen LogP contribution < -0.4 is 26.6 Å². The van der Waals surface area contributed by atoms with E-state index in [9.17, 15) is 38.2 Å². The number of carbonyl (C=O) groups excluding carboxylic acids is 4. The predicted molar refractivity (Wildman–Crippen MR) is 216 cm³/mol. The van der Waals surface area contributed by atoms with Gasteiger partial charge < -0.3 is 51.6 Å². The fourth-order valence-electron chi connectivity index (χ4n) is 8.90. The molecule has 0 radical (unpaired) electrons. The van der Waals surface area contributed by atoms with E-state index in [0.29, 0.717) is 42.6 Å². The maximum atomic E-state index is 14.8. The topological polar surface area (TPSA) is 191 Å². The van der Waals surface area contributed by atoms with Crippen molar-refractivity contribution in [2.75, 3.05) is 32.5 Å². The van der Waals surface area contributed by atoms with Crippen LogP contribution in [0, 0.1) is 11.6 Å². The summed E-state index contributed by atoms with van der Waals surface area (Å²) in [5.74, 6) is -2.48. The summed E-state index contributed by atoms with van der Waals surface area (Å²) in [6.07, 6.45) is 0.333. The summed E-state index contributed by atoms with van der Waals surface area (Å²) in [4.78, 5) is 60.5. The van der Waals surface area contributed by atoms with E-state index in [1.807, 2.05) is 13.8 Å². The van der Waals surface area contributed by atoms with E-state index in [4.69, 9.17) is 0 Å². The number of anilines is 1. The third-order valence-electron chi connectivity index (χ3n) is 12.4. The number of aliphatic hydroxyl groups excluding tert-OH is 2. The Morgan fingerprint density at radius 3 is 1.91 bits per heavy atom. The van der Waals surface area contributed by atoms with Crippen LogP contribution in [0.2, 0.25) is 0 Å². The van der Waals surface area contributed by atoms with Gasteiger partial charge in [0.1, 0.15) is 23.7 Å². The minimum absolute atomic E-state index is 0.0831. The van der Waals surface area contributed by atoms with Gasteiger partial charge in [0, 0.05) is 53.4 Å². The van der Waals surface area contributed by atoms with Crippen LogP contribution in [0.3, 0.4) is 0 Å². The smallest absolute Gasteiger partial charge is 0.245 e. The van der Waals surface area contributed by atoms with Crippen LogP contribution in [0.4, 0.5) is 14.5 Å². The number of fused-ring (bicyclic) bond motifs is 2. The van der Waals surface area contributed by atoms with Crippen LogP contribution in [0.25, 0.3) is 10.9 Å². The number of aliphatic hydroxyl groups is 2. The summed E-state index contributed by atoms with van der Waals surface area (Å²) in [5.41, 5.74) is 3.37. The van der Waals surface area contributed by atoms with Crippen molar-refractivity contribution in [2.24, 2.45) is 0 Å². The molecule has 6 rings (SSSR count). The van der Waals surface area contributed by atoms with E-state index in [2.05, 4.69) is 31.6 Å². The van der Waals surface area contributed by atoms with Gasteiger partial charge in [-0.05, 0) is 108 Å². The molecule has 2 saturated heterocycles.